The Morgan fingerprint density at radius 1 is 1.16 bits per heavy atom. The molecule has 1 rings (SSSR count). The van der Waals surface area contributed by atoms with Gasteiger partial charge in [0.15, 0.2) is 0 Å². The van der Waals surface area contributed by atoms with Gasteiger partial charge in [-0.2, -0.15) is 11.8 Å². The fraction of sp³-hybridized carbons (Fsp3) is 0.733. The third-order valence-corrected chi connectivity index (χ3v) is 4.32. The van der Waals surface area contributed by atoms with Gasteiger partial charge in [0.25, 0.3) is 0 Å². The fourth-order valence-corrected chi connectivity index (χ4v) is 2.91. The van der Waals surface area contributed by atoms with Crippen LogP contribution in [0.3, 0.4) is 0 Å². The van der Waals surface area contributed by atoms with Crippen LogP contribution < -0.4 is 5.32 Å². The number of thioether (sulfide) groups is 1. The molecule has 0 spiro atoms. The molecular weight excluding hydrogens is 254 g/mol. The van der Waals surface area contributed by atoms with E-state index in [1.807, 2.05) is 11.8 Å². The van der Waals surface area contributed by atoms with Crippen LogP contribution in [0.4, 0.5) is 0 Å². The lowest BCUT2D eigenvalue weighted by Gasteiger charge is -2.11. The molecule has 0 amide bonds. The second-order valence-corrected chi connectivity index (χ2v) is 6.33. The maximum atomic E-state index is 4.65. The van der Waals surface area contributed by atoms with Crippen LogP contribution in [0.5, 0.6) is 0 Å². The van der Waals surface area contributed by atoms with Gasteiger partial charge in [0.2, 0.25) is 0 Å². The van der Waals surface area contributed by atoms with Gasteiger partial charge in [0.1, 0.15) is 5.82 Å². The highest BCUT2D eigenvalue weighted by Crippen LogP contribution is 2.16. The van der Waals surface area contributed by atoms with Crippen LogP contribution in [0.2, 0.25) is 0 Å². The van der Waals surface area contributed by atoms with E-state index in [-0.39, 0.29) is 0 Å². The summed E-state index contributed by atoms with van der Waals surface area (Å²) in [4.78, 5) is 9.30. The first-order chi connectivity index (χ1) is 9.04. The standard InChI is InChI=1S/C15H27N3S/c1-6-16-8-7-14-12(4)17-15(18-13(14)5)10-19-9-11(2)3/h11,16H,6-10H2,1-5H3. The van der Waals surface area contributed by atoms with E-state index in [2.05, 4.69) is 49.9 Å². The summed E-state index contributed by atoms with van der Waals surface area (Å²) in [5.41, 5.74) is 3.59. The SMILES string of the molecule is CCNCCc1c(C)nc(CSCC(C)C)nc1C. The van der Waals surface area contributed by atoms with Crippen molar-refractivity contribution in [2.45, 2.75) is 46.8 Å². The lowest BCUT2D eigenvalue weighted by Crippen LogP contribution is -2.18. The Labute approximate surface area is 122 Å². The van der Waals surface area contributed by atoms with Crippen molar-refractivity contribution < 1.29 is 0 Å². The molecule has 3 nitrogen and oxygen atoms in total. The van der Waals surface area contributed by atoms with Gasteiger partial charge < -0.3 is 5.32 Å². The summed E-state index contributed by atoms with van der Waals surface area (Å²) in [6.07, 6.45) is 1.02. The summed E-state index contributed by atoms with van der Waals surface area (Å²) < 4.78 is 0. The van der Waals surface area contributed by atoms with E-state index in [0.717, 1.165) is 48.4 Å². The van der Waals surface area contributed by atoms with Gasteiger partial charge in [-0.25, -0.2) is 9.97 Å². The predicted molar refractivity (Wildman–Crippen MR) is 84.8 cm³/mol. The molecule has 0 aliphatic heterocycles. The highest BCUT2D eigenvalue weighted by atomic mass is 32.2. The number of rotatable bonds is 8. The monoisotopic (exact) mass is 281 g/mol. The van der Waals surface area contributed by atoms with E-state index < -0.39 is 0 Å². The molecule has 0 bridgehead atoms. The van der Waals surface area contributed by atoms with Gasteiger partial charge in [-0.3, -0.25) is 0 Å². The minimum Gasteiger partial charge on any atom is -0.317 e. The van der Waals surface area contributed by atoms with Crippen molar-refractivity contribution in [3.05, 3.63) is 22.8 Å². The number of aryl methyl sites for hydroxylation is 2. The summed E-state index contributed by atoms with van der Waals surface area (Å²) in [6, 6.07) is 0. The van der Waals surface area contributed by atoms with Crippen LogP contribution >= 0.6 is 11.8 Å². The zero-order valence-electron chi connectivity index (χ0n) is 12.9. The maximum absolute atomic E-state index is 4.65. The average Bonchev–Trinajstić information content (AvgIpc) is 2.32. The molecule has 0 aromatic carbocycles. The number of hydrogen-bond donors (Lipinski definition) is 1. The summed E-state index contributed by atoms with van der Waals surface area (Å²) in [5.74, 6) is 3.80. The second kappa shape index (κ2) is 8.54. The van der Waals surface area contributed by atoms with Crippen LogP contribution in [0.25, 0.3) is 0 Å². The Morgan fingerprint density at radius 2 is 1.79 bits per heavy atom. The summed E-state index contributed by atoms with van der Waals surface area (Å²) in [5, 5.41) is 3.35. The first kappa shape index (κ1) is 16.4. The molecule has 0 saturated carbocycles. The van der Waals surface area contributed by atoms with Gasteiger partial charge in [-0.1, -0.05) is 20.8 Å². The molecule has 1 N–H and O–H groups in total. The van der Waals surface area contributed by atoms with Gasteiger partial charge in [-0.05, 0) is 50.6 Å². The lowest BCUT2D eigenvalue weighted by molar-refractivity contribution is 0.706. The second-order valence-electron chi connectivity index (χ2n) is 5.30. The zero-order chi connectivity index (χ0) is 14.3. The zero-order valence-corrected chi connectivity index (χ0v) is 13.7. The Kier molecular flexibility index (Phi) is 7.39. The molecule has 0 aliphatic carbocycles. The van der Waals surface area contributed by atoms with Crippen molar-refractivity contribution in [1.82, 2.24) is 15.3 Å². The molecule has 108 valence electrons. The minimum absolute atomic E-state index is 0.728. The maximum Gasteiger partial charge on any atom is 0.138 e. The summed E-state index contributed by atoms with van der Waals surface area (Å²) in [7, 11) is 0. The molecule has 0 fully saturated rings. The quantitative estimate of drug-likeness (QED) is 0.743. The largest absolute Gasteiger partial charge is 0.317 e. The van der Waals surface area contributed by atoms with Crippen LogP contribution in [0, 0.1) is 19.8 Å². The molecule has 0 unspecified atom stereocenters. The normalized spacial score (nSPS) is 11.3. The predicted octanol–water partition coefficient (Wildman–Crippen LogP) is 3.13. The molecule has 0 radical (unpaired) electrons. The van der Waals surface area contributed by atoms with Crippen molar-refractivity contribution in [2.75, 3.05) is 18.8 Å². The number of nitrogens with one attached hydrogen (secondary N) is 1. The third-order valence-electron chi connectivity index (χ3n) is 2.95. The van der Waals surface area contributed by atoms with Crippen molar-refractivity contribution in [3.8, 4) is 0 Å². The van der Waals surface area contributed by atoms with Gasteiger partial charge in [0.05, 0.1) is 5.75 Å². The van der Waals surface area contributed by atoms with E-state index in [0.29, 0.717) is 0 Å². The van der Waals surface area contributed by atoms with Crippen LogP contribution in [-0.4, -0.2) is 28.8 Å². The number of likely N-dealkylation sites (N-methyl/N-ethyl adjacent to an activating group) is 1. The van der Waals surface area contributed by atoms with E-state index >= 15 is 0 Å². The Bertz CT molecular complexity index is 368. The molecular formula is C15H27N3S. The van der Waals surface area contributed by atoms with Crippen molar-refractivity contribution in [2.24, 2.45) is 5.92 Å². The molecule has 1 heterocycles. The smallest absolute Gasteiger partial charge is 0.138 e. The number of hydrogen-bond acceptors (Lipinski definition) is 4. The number of aromatic nitrogens is 2. The Hall–Kier alpha value is -0.610. The van der Waals surface area contributed by atoms with Crippen LogP contribution in [0.15, 0.2) is 0 Å². The molecule has 1 aromatic rings. The first-order valence-electron chi connectivity index (χ1n) is 7.16. The molecule has 4 heteroatoms. The average molecular weight is 281 g/mol. The first-order valence-corrected chi connectivity index (χ1v) is 8.31. The van der Waals surface area contributed by atoms with Crippen molar-refractivity contribution in [3.63, 3.8) is 0 Å². The molecule has 0 atom stereocenters. The van der Waals surface area contributed by atoms with E-state index in [9.17, 15) is 0 Å². The Morgan fingerprint density at radius 3 is 2.32 bits per heavy atom. The van der Waals surface area contributed by atoms with Gasteiger partial charge in [0, 0.05) is 11.4 Å². The van der Waals surface area contributed by atoms with Crippen molar-refractivity contribution >= 4 is 11.8 Å². The van der Waals surface area contributed by atoms with E-state index in [4.69, 9.17) is 0 Å². The number of nitrogens with zero attached hydrogens (tertiary/aromatic N) is 2. The van der Waals surface area contributed by atoms with Crippen molar-refractivity contribution in [1.29, 1.82) is 0 Å². The highest BCUT2D eigenvalue weighted by Gasteiger charge is 2.08. The third kappa shape index (κ3) is 5.91. The van der Waals surface area contributed by atoms with Gasteiger partial charge >= 0.3 is 0 Å². The molecule has 1 aromatic heterocycles. The lowest BCUT2D eigenvalue weighted by atomic mass is 10.1. The van der Waals surface area contributed by atoms with Crippen LogP contribution in [-0.2, 0) is 12.2 Å². The van der Waals surface area contributed by atoms with Crippen LogP contribution in [0.1, 0.15) is 43.5 Å². The molecule has 19 heavy (non-hydrogen) atoms. The van der Waals surface area contributed by atoms with E-state index in [1.165, 1.54) is 11.3 Å². The minimum atomic E-state index is 0.728. The molecule has 0 saturated heterocycles. The van der Waals surface area contributed by atoms with E-state index in [1.54, 1.807) is 0 Å². The Balaban J connectivity index is 2.62. The topological polar surface area (TPSA) is 37.8 Å². The molecule has 0 aliphatic rings. The fourth-order valence-electron chi connectivity index (χ4n) is 2.01. The van der Waals surface area contributed by atoms with Gasteiger partial charge in [-0.15, -0.1) is 0 Å². The summed E-state index contributed by atoms with van der Waals surface area (Å²) >= 11 is 1.92. The summed E-state index contributed by atoms with van der Waals surface area (Å²) in [6.45, 7) is 12.8. The highest BCUT2D eigenvalue weighted by molar-refractivity contribution is 7.98.